The van der Waals surface area contributed by atoms with E-state index in [1.54, 1.807) is 31.4 Å². The van der Waals surface area contributed by atoms with Crippen LogP contribution in [-0.2, 0) is 4.74 Å². The Morgan fingerprint density at radius 2 is 1.76 bits per heavy atom. The van der Waals surface area contributed by atoms with E-state index in [1.807, 2.05) is 31.2 Å². The summed E-state index contributed by atoms with van der Waals surface area (Å²) in [7, 11) is 1.60. The fourth-order valence-electron chi connectivity index (χ4n) is 2.08. The van der Waals surface area contributed by atoms with Gasteiger partial charge in [0.25, 0.3) is 0 Å². The topological polar surface area (TPSA) is 46.5 Å². The van der Waals surface area contributed by atoms with Gasteiger partial charge in [-0.25, -0.2) is 4.79 Å². The highest BCUT2D eigenvalue weighted by Crippen LogP contribution is 2.30. The van der Waals surface area contributed by atoms with Crippen LogP contribution in [0.15, 0.2) is 48.5 Å². The van der Waals surface area contributed by atoms with Gasteiger partial charge in [0, 0.05) is 5.56 Å². The first-order valence-corrected chi connectivity index (χ1v) is 6.78. The van der Waals surface area contributed by atoms with Crippen LogP contribution in [0, 0.1) is 0 Å². The number of halogens is 1. The first-order chi connectivity index (χ1) is 10.1. The number of rotatable bonds is 4. The highest BCUT2D eigenvalue weighted by atomic mass is 35.5. The molecule has 0 saturated heterocycles. The monoisotopic (exact) mass is 302 g/mol. The van der Waals surface area contributed by atoms with Gasteiger partial charge >= 0.3 is 5.97 Å². The van der Waals surface area contributed by atoms with Crippen molar-refractivity contribution in [2.75, 3.05) is 7.11 Å². The van der Waals surface area contributed by atoms with Crippen molar-refractivity contribution < 1.29 is 14.6 Å². The highest BCUT2D eigenvalue weighted by Gasteiger charge is 2.09. The molecular formula is C17H15ClO3. The second kappa shape index (κ2) is 6.46. The second-order valence-electron chi connectivity index (χ2n) is 4.43. The van der Waals surface area contributed by atoms with Gasteiger partial charge in [-0.15, -0.1) is 0 Å². The van der Waals surface area contributed by atoms with E-state index in [0.717, 1.165) is 16.7 Å². The second-order valence-corrected chi connectivity index (χ2v) is 4.84. The summed E-state index contributed by atoms with van der Waals surface area (Å²) < 4.78 is 5.27. The van der Waals surface area contributed by atoms with Crippen molar-refractivity contribution in [3.8, 4) is 11.1 Å². The van der Waals surface area contributed by atoms with Crippen LogP contribution in [-0.4, -0.2) is 18.2 Å². The third kappa shape index (κ3) is 3.26. The van der Waals surface area contributed by atoms with E-state index in [9.17, 15) is 4.79 Å². The molecule has 0 radical (unpaired) electrons. The van der Waals surface area contributed by atoms with Gasteiger partial charge in [0.05, 0.1) is 17.7 Å². The lowest BCUT2D eigenvalue weighted by molar-refractivity contribution is 0.0697. The summed E-state index contributed by atoms with van der Waals surface area (Å²) in [4.78, 5) is 10.8. The minimum atomic E-state index is -0.937. The van der Waals surface area contributed by atoms with Crippen molar-refractivity contribution in [1.29, 1.82) is 0 Å². The van der Waals surface area contributed by atoms with Gasteiger partial charge in [-0.1, -0.05) is 29.8 Å². The fraction of sp³-hybridized carbons (Fsp3) is 0.118. The number of carbonyl (C=O) groups is 1. The Bertz CT molecular complexity index is 688. The number of methoxy groups -OCH3 is 1. The number of carboxylic acid groups (broad SMARTS) is 1. The maximum atomic E-state index is 10.8. The lowest BCUT2D eigenvalue weighted by atomic mass is 10.0. The summed E-state index contributed by atoms with van der Waals surface area (Å²) in [5.41, 5.74) is 2.92. The number of hydrogen-bond donors (Lipinski definition) is 1. The molecule has 21 heavy (non-hydrogen) atoms. The van der Waals surface area contributed by atoms with Crippen LogP contribution >= 0.6 is 11.6 Å². The molecule has 3 nitrogen and oxygen atoms in total. The Balaban J connectivity index is 2.38. The molecule has 108 valence electrons. The Morgan fingerprint density at radius 1 is 1.14 bits per heavy atom. The lowest BCUT2D eigenvalue weighted by Gasteiger charge is -2.10. The molecule has 0 saturated carbocycles. The van der Waals surface area contributed by atoms with Gasteiger partial charge in [-0.05, 0) is 48.4 Å². The Kier molecular flexibility index (Phi) is 4.66. The van der Waals surface area contributed by atoms with E-state index in [4.69, 9.17) is 21.4 Å². The molecule has 2 aromatic rings. The zero-order valence-corrected chi connectivity index (χ0v) is 12.5. The Labute approximate surface area is 128 Å². The molecular weight excluding hydrogens is 288 g/mol. The molecule has 0 aromatic heterocycles. The third-order valence-corrected chi connectivity index (χ3v) is 3.49. The van der Waals surface area contributed by atoms with Crippen molar-refractivity contribution in [2.45, 2.75) is 6.92 Å². The average molecular weight is 303 g/mol. The molecule has 0 fully saturated rings. The van der Waals surface area contributed by atoms with Crippen molar-refractivity contribution in [2.24, 2.45) is 0 Å². The fourth-order valence-corrected chi connectivity index (χ4v) is 2.36. The first-order valence-electron chi connectivity index (χ1n) is 6.40. The zero-order valence-electron chi connectivity index (χ0n) is 11.8. The van der Waals surface area contributed by atoms with Crippen LogP contribution in [0.3, 0.4) is 0 Å². The van der Waals surface area contributed by atoms with Crippen molar-refractivity contribution in [1.82, 2.24) is 0 Å². The molecule has 0 aliphatic heterocycles. The van der Waals surface area contributed by atoms with Gasteiger partial charge in [-0.2, -0.15) is 0 Å². The van der Waals surface area contributed by atoms with Gasteiger partial charge in [0.1, 0.15) is 5.76 Å². The van der Waals surface area contributed by atoms with Crippen molar-refractivity contribution in [3.63, 3.8) is 0 Å². The van der Waals surface area contributed by atoms with E-state index < -0.39 is 5.97 Å². The maximum absolute atomic E-state index is 10.8. The predicted octanol–water partition coefficient (Wildman–Crippen LogP) is 4.71. The van der Waals surface area contributed by atoms with Crippen LogP contribution in [0.5, 0.6) is 0 Å². The van der Waals surface area contributed by atoms with Crippen LogP contribution in [0.25, 0.3) is 16.9 Å². The number of carboxylic acids is 1. The van der Waals surface area contributed by atoms with Crippen LogP contribution < -0.4 is 0 Å². The molecule has 0 aliphatic rings. The molecule has 2 rings (SSSR count). The van der Waals surface area contributed by atoms with E-state index in [1.165, 1.54) is 0 Å². The molecule has 0 unspecified atom stereocenters. The van der Waals surface area contributed by atoms with Crippen LogP contribution in [0.4, 0.5) is 0 Å². The molecule has 0 aliphatic carbocycles. The van der Waals surface area contributed by atoms with Crippen molar-refractivity contribution in [3.05, 3.63) is 64.7 Å². The quantitative estimate of drug-likeness (QED) is 0.832. The number of ether oxygens (including phenoxy) is 1. The Morgan fingerprint density at radius 3 is 2.24 bits per heavy atom. The number of aromatic carboxylic acids is 1. The van der Waals surface area contributed by atoms with Gasteiger partial charge in [-0.3, -0.25) is 0 Å². The molecule has 0 heterocycles. The molecule has 1 N–H and O–H groups in total. The molecule has 0 bridgehead atoms. The third-order valence-electron chi connectivity index (χ3n) is 3.18. The Hall–Kier alpha value is -2.26. The minimum Gasteiger partial charge on any atom is -0.496 e. The zero-order chi connectivity index (χ0) is 15.4. The summed E-state index contributed by atoms with van der Waals surface area (Å²) in [5, 5.41) is 9.49. The summed E-state index contributed by atoms with van der Waals surface area (Å²) >= 11 is 6.30. The smallest absolute Gasteiger partial charge is 0.335 e. The van der Waals surface area contributed by atoms with Crippen LogP contribution in [0.2, 0.25) is 5.02 Å². The first kappa shape index (κ1) is 15.1. The highest BCUT2D eigenvalue weighted by molar-refractivity contribution is 6.32. The molecule has 0 spiro atoms. The number of allylic oxidation sites excluding steroid dienone is 1. The summed E-state index contributed by atoms with van der Waals surface area (Å²) in [6.45, 7) is 1.88. The average Bonchev–Trinajstić information content (AvgIpc) is 2.50. The largest absolute Gasteiger partial charge is 0.496 e. The SMILES string of the molecule is C/C=C(\OC)c1ccc(-c2ccc(C(=O)O)cc2)cc1Cl. The number of hydrogen-bond acceptors (Lipinski definition) is 2. The minimum absolute atomic E-state index is 0.261. The van der Waals surface area contributed by atoms with E-state index >= 15 is 0 Å². The van der Waals surface area contributed by atoms with Gasteiger partial charge in [0.2, 0.25) is 0 Å². The van der Waals surface area contributed by atoms with Crippen molar-refractivity contribution >= 4 is 23.3 Å². The normalized spacial score (nSPS) is 11.3. The van der Waals surface area contributed by atoms with Gasteiger partial charge < -0.3 is 9.84 Å². The maximum Gasteiger partial charge on any atom is 0.335 e. The molecule has 0 atom stereocenters. The van der Waals surface area contributed by atoms with E-state index in [2.05, 4.69) is 0 Å². The van der Waals surface area contributed by atoms with E-state index in [0.29, 0.717) is 10.8 Å². The molecule has 4 heteroatoms. The summed E-state index contributed by atoms with van der Waals surface area (Å²) in [6.07, 6.45) is 1.85. The standard InChI is InChI=1S/C17H15ClO3/c1-3-16(21-2)14-9-8-13(10-15(14)18)11-4-6-12(7-5-11)17(19)20/h3-10H,1-2H3,(H,19,20)/b16-3-. The summed E-state index contributed by atoms with van der Waals surface area (Å²) in [6, 6.07) is 12.3. The molecule has 0 amide bonds. The summed E-state index contributed by atoms with van der Waals surface area (Å²) in [5.74, 6) is -0.222. The number of benzene rings is 2. The van der Waals surface area contributed by atoms with E-state index in [-0.39, 0.29) is 5.56 Å². The lowest BCUT2D eigenvalue weighted by Crippen LogP contribution is -1.95. The van der Waals surface area contributed by atoms with Crippen LogP contribution in [0.1, 0.15) is 22.8 Å². The van der Waals surface area contributed by atoms with Gasteiger partial charge in [0.15, 0.2) is 0 Å². The molecule has 2 aromatic carbocycles. The predicted molar refractivity (Wildman–Crippen MR) is 84.5 cm³/mol.